The average Bonchev–Trinajstić information content (AvgIpc) is 2.61. The van der Waals surface area contributed by atoms with E-state index in [0.717, 1.165) is 12.0 Å². The molecule has 1 unspecified atom stereocenters. The summed E-state index contributed by atoms with van der Waals surface area (Å²) in [6.07, 6.45) is 3.23. The van der Waals surface area contributed by atoms with E-state index in [9.17, 15) is 9.59 Å². The van der Waals surface area contributed by atoms with E-state index in [0.29, 0.717) is 17.7 Å². The summed E-state index contributed by atoms with van der Waals surface area (Å²) in [5.41, 5.74) is 1.53. The lowest BCUT2D eigenvalue weighted by Gasteiger charge is -2.56. The number of alkyl halides is 1. The van der Waals surface area contributed by atoms with Gasteiger partial charge in [-0.15, -0.1) is 18.2 Å². The molecule has 26 heavy (non-hydrogen) atoms. The fourth-order valence-electron chi connectivity index (χ4n) is 5.13. The van der Waals surface area contributed by atoms with Crippen molar-refractivity contribution in [3.63, 3.8) is 0 Å². The van der Waals surface area contributed by atoms with Gasteiger partial charge in [-0.3, -0.25) is 9.59 Å². The van der Waals surface area contributed by atoms with E-state index < -0.39 is 5.41 Å². The molecule has 0 heterocycles. The molecular formula is C21H27ClN2O2. The number of fused-ring (bicyclic) bond motifs is 2. The second kappa shape index (κ2) is 6.50. The van der Waals surface area contributed by atoms with Crippen molar-refractivity contribution >= 4 is 29.5 Å². The van der Waals surface area contributed by atoms with Gasteiger partial charge in [0, 0.05) is 10.9 Å². The van der Waals surface area contributed by atoms with E-state index in [2.05, 4.69) is 39.7 Å². The maximum Gasteiger partial charge on any atom is 0.211 e. The van der Waals surface area contributed by atoms with Crippen LogP contribution in [0.25, 0.3) is 0 Å². The molecule has 0 spiro atoms. The highest BCUT2D eigenvalue weighted by Crippen LogP contribution is 2.55. The fourth-order valence-corrected chi connectivity index (χ4v) is 5.55. The Labute approximate surface area is 160 Å². The summed E-state index contributed by atoms with van der Waals surface area (Å²) in [6.45, 7) is 10.4. The molecule has 0 aromatic heterocycles. The highest BCUT2D eigenvalue weighted by molar-refractivity contribution is 6.21. The lowest BCUT2D eigenvalue weighted by Crippen LogP contribution is -2.92. The van der Waals surface area contributed by atoms with Gasteiger partial charge in [0.05, 0.1) is 23.1 Å². The van der Waals surface area contributed by atoms with E-state index in [-0.39, 0.29) is 34.5 Å². The van der Waals surface area contributed by atoms with Crippen LogP contribution in [-0.2, 0) is 10.2 Å². The van der Waals surface area contributed by atoms with Crippen molar-refractivity contribution in [1.29, 1.82) is 0 Å². The Morgan fingerprint density at radius 3 is 2.65 bits per heavy atom. The topological polar surface area (TPSA) is 62.8 Å². The Kier molecular flexibility index (Phi) is 4.78. The number of hydrogen-bond acceptors (Lipinski definition) is 2. The summed E-state index contributed by atoms with van der Waals surface area (Å²) in [5, 5.41) is 4.45. The number of Topliss-reactive ketones (excluding diaryl/α,β-unsaturated/α-hetero) is 1. The van der Waals surface area contributed by atoms with Gasteiger partial charge in [0.15, 0.2) is 5.78 Å². The van der Waals surface area contributed by atoms with Gasteiger partial charge in [-0.2, -0.15) is 7.05 Å². The smallest absolute Gasteiger partial charge is 0.211 e. The van der Waals surface area contributed by atoms with Crippen molar-refractivity contribution in [3.05, 3.63) is 49.0 Å². The molecule has 1 aromatic carbocycles. The van der Waals surface area contributed by atoms with Gasteiger partial charge < -0.3 is 10.6 Å². The van der Waals surface area contributed by atoms with E-state index in [4.69, 9.17) is 11.6 Å². The Morgan fingerprint density at radius 1 is 1.38 bits per heavy atom. The van der Waals surface area contributed by atoms with Crippen LogP contribution in [-0.4, -0.2) is 23.6 Å². The summed E-state index contributed by atoms with van der Waals surface area (Å²) in [4.78, 5) is 24.7. The molecule has 1 amide bonds. The largest absolute Gasteiger partial charge is 0.475 e. The Hall–Kier alpha value is -1.65. The third-order valence-corrected chi connectivity index (χ3v) is 7.47. The van der Waals surface area contributed by atoms with Crippen LogP contribution in [0.4, 0.5) is 5.69 Å². The summed E-state index contributed by atoms with van der Waals surface area (Å²) in [7, 11) is 4.02. The number of ketones is 1. The third kappa shape index (κ3) is 2.46. The van der Waals surface area contributed by atoms with Gasteiger partial charge in [0.1, 0.15) is 0 Å². The number of carbonyl (C=O) groups excluding carboxylic acids is 2. The number of halogens is 1. The molecule has 0 aliphatic heterocycles. The van der Waals surface area contributed by atoms with Crippen molar-refractivity contribution in [1.82, 2.24) is 0 Å². The quantitative estimate of drug-likeness (QED) is 0.368. The summed E-state index contributed by atoms with van der Waals surface area (Å²) in [5.74, 6) is -0.0640. The zero-order chi connectivity index (χ0) is 19.3. The van der Waals surface area contributed by atoms with Crippen molar-refractivity contribution in [2.24, 2.45) is 17.3 Å². The lowest BCUT2D eigenvalue weighted by molar-refractivity contribution is -0.656. The number of anilines is 1. The van der Waals surface area contributed by atoms with E-state index in [1.54, 1.807) is 6.07 Å². The van der Waals surface area contributed by atoms with Gasteiger partial charge in [-0.1, -0.05) is 32.1 Å². The number of amides is 1. The van der Waals surface area contributed by atoms with Crippen LogP contribution in [0.3, 0.4) is 0 Å². The highest BCUT2D eigenvalue weighted by Gasteiger charge is 2.60. The highest BCUT2D eigenvalue weighted by atomic mass is 35.5. The van der Waals surface area contributed by atoms with Crippen molar-refractivity contribution in [2.75, 3.05) is 5.32 Å². The maximum absolute atomic E-state index is 13.6. The predicted octanol–water partition coefficient (Wildman–Crippen LogP) is 2.89. The molecule has 1 aromatic rings. The van der Waals surface area contributed by atoms with Crippen molar-refractivity contribution in [3.8, 4) is 0 Å². The van der Waals surface area contributed by atoms with Crippen LogP contribution in [0.1, 0.15) is 43.1 Å². The molecule has 5 atom stereocenters. The van der Waals surface area contributed by atoms with Gasteiger partial charge in [-0.05, 0) is 36.3 Å². The Balaban J connectivity index is 2.24. The predicted molar refractivity (Wildman–Crippen MR) is 104 cm³/mol. The van der Waals surface area contributed by atoms with Crippen LogP contribution < -0.4 is 10.6 Å². The molecule has 0 radical (unpaired) electrons. The normalized spacial score (nSPS) is 35.2. The lowest BCUT2D eigenvalue weighted by atomic mass is 9.50. The van der Waals surface area contributed by atoms with Crippen molar-refractivity contribution < 1.29 is 14.9 Å². The van der Waals surface area contributed by atoms with Crippen LogP contribution in [0.5, 0.6) is 0 Å². The maximum atomic E-state index is 13.6. The van der Waals surface area contributed by atoms with E-state index >= 15 is 0 Å². The molecule has 1 saturated carbocycles. The van der Waals surface area contributed by atoms with Crippen LogP contribution >= 0.6 is 11.6 Å². The standard InChI is InChI=1S/C21H27ClN2O2/c1-6-21(4)15(22)10-13-17(19(21)23-5)18(26)16-12(20(13,2)3)8-7-9-14(16)24-11-25/h6-9,11,13,15,17,19H,1,5,10,23H2,2-4H3,(H,24,25)/t13-,15+,17?,19-,21-/m0/s1. The van der Waals surface area contributed by atoms with Gasteiger partial charge in [0.25, 0.3) is 0 Å². The van der Waals surface area contributed by atoms with Gasteiger partial charge >= 0.3 is 0 Å². The molecule has 0 saturated heterocycles. The molecule has 0 bridgehead atoms. The van der Waals surface area contributed by atoms with Gasteiger partial charge in [0.2, 0.25) is 6.41 Å². The monoisotopic (exact) mass is 374 g/mol. The Morgan fingerprint density at radius 2 is 2.08 bits per heavy atom. The first-order valence-electron chi connectivity index (χ1n) is 9.02. The average molecular weight is 375 g/mol. The number of nitrogens with one attached hydrogen (secondary N) is 1. The molecular weight excluding hydrogens is 348 g/mol. The van der Waals surface area contributed by atoms with E-state index in [1.165, 1.54) is 0 Å². The van der Waals surface area contributed by atoms with Crippen LogP contribution in [0, 0.1) is 24.3 Å². The molecule has 5 heteroatoms. The van der Waals surface area contributed by atoms with Crippen LogP contribution in [0.2, 0.25) is 0 Å². The first-order chi connectivity index (χ1) is 12.2. The third-order valence-electron chi connectivity index (χ3n) is 6.82. The molecule has 1 fully saturated rings. The van der Waals surface area contributed by atoms with Crippen molar-refractivity contribution in [2.45, 2.75) is 44.0 Å². The Bertz CT molecular complexity index is 760. The minimum absolute atomic E-state index is 0.0656. The number of nitrogens with two attached hydrogens (primary N) is 1. The summed E-state index contributed by atoms with van der Waals surface area (Å²) >= 11 is 6.81. The number of rotatable bonds is 4. The first-order valence-corrected chi connectivity index (χ1v) is 9.45. The van der Waals surface area contributed by atoms with Gasteiger partial charge in [-0.25, -0.2) is 0 Å². The minimum Gasteiger partial charge on any atom is -0.475 e. The molecule has 2 aliphatic carbocycles. The fraction of sp³-hybridized carbons (Fsp3) is 0.476. The molecule has 3 N–H and O–H groups in total. The number of hydrogen-bond donors (Lipinski definition) is 2. The molecule has 3 rings (SSSR count). The summed E-state index contributed by atoms with van der Waals surface area (Å²) in [6, 6.07) is 5.56. The van der Waals surface area contributed by atoms with Crippen LogP contribution in [0.15, 0.2) is 30.9 Å². The second-order valence-corrected chi connectivity index (χ2v) is 8.77. The second-order valence-electron chi connectivity index (χ2n) is 8.24. The zero-order valence-electron chi connectivity index (χ0n) is 15.6. The van der Waals surface area contributed by atoms with E-state index in [1.807, 2.05) is 23.5 Å². The molecule has 4 nitrogen and oxygen atoms in total. The first kappa shape index (κ1) is 19.1. The number of benzene rings is 1. The summed E-state index contributed by atoms with van der Waals surface area (Å²) < 4.78 is 0. The SMILES string of the molecule is C=C[C@@]1(C)[C@H](Cl)C[C@H]2C(C(=O)c3c(NC=O)cccc3C2(C)C)[C@@H]1[NH2+][CH2-]. The number of carbonyl (C=O) groups is 2. The molecule has 140 valence electrons. The number of quaternary nitrogens is 1. The molecule has 2 aliphatic rings. The minimum atomic E-state index is -0.402. The zero-order valence-corrected chi connectivity index (χ0v) is 16.3.